The number of nitrogens with one attached hydrogen (secondary N) is 1. The van der Waals surface area contributed by atoms with E-state index < -0.39 is 5.60 Å². The average molecular weight is 430 g/mol. The molecule has 0 radical (unpaired) electrons. The molecular weight excluding hydrogens is 390 g/mol. The lowest BCUT2D eigenvalue weighted by atomic mass is 9.94. The second-order valence-electron chi connectivity index (χ2n) is 10.1. The summed E-state index contributed by atoms with van der Waals surface area (Å²) in [4.78, 5) is 29.3. The summed E-state index contributed by atoms with van der Waals surface area (Å²) >= 11 is 0. The molecule has 0 aromatic heterocycles. The van der Waals surface area contributed by atoms with Crippen LogP contribution in [0, 0.1) is 11.8 Å². The SMILES string of the molecule is CC(C)(C)OC(=O)N1CCCC(CCNC(=O)C2CCCN(Cc3ccccc3)C2)C1. The maximum Gasteiger partial charge on any atom is 0.410 e. The first-order valence-corrected chi connectivity index (χ1v) is 11.8. The van der Waals surface area contributed by atoms with Crippen LogP contribution in [0.25, 0.3) is 0 Å². The van der Waals surface area contributed by atoms with Crippen LogP contribution in [0.3, 0.4) is 0 Å². The lowest BCUT2D eigenvalue weighted by Crippen LogP contribution is -2.45. The standard InChI is InChI=1S/C25H39N3O3/c1-25(2,3)31-24(30)28-16-7-11-21(18-28)13-14-26-23(29)22-12-8-15-27(19-22)17-20-9-5-4-6-10-20/h4-6,9-10,21-22H,7-8,11-19H2,1-3H3,(H,26,29). The zero-order chi connectivity index (χ0) is 22.3. The Morgan fingerprint density at radius 1 is 1.06 bits per heavy atom. The third-order valence-electron chi connectivity index (χ3n) is 6.15. The highest BCUT2D eigenvalue weighted by Crippen LogP contribution is 2.22. The summed E-state index contributed by atoms with van der Waals surface area (Å²) in [6, 6.07) is 10.5. The van der Waals surface area contributed by atoms with E-state index in [1.807, 2.05) is 31.7 Å². The number of amides is 2. The van der Waals surface area contributed by atoms with Crippen molar-refractivity contribution in [1.82, 2.24) is 15.1 Å². The summed E-state index contributed by atoms with van der Waals surface area (Å²) in [5, 5.41) is 3.17. The van der Waals surface area contributed by atoms with E-state index in [4.69, 9.17) is 4.74 Å². The number of likely N-dealkylation sites (tertiary alicyclic amines) is 2. The van der Waals surface area contributed by atoms with Crippen LogP contribution < -0.4 is 5.32 Å². The highest BCUT2D eigenvalue weighted by molar-refractivity contribution is 5.78. The summed E-state index contributed by atoms with van der Waals surface area (Å²) in [5.74, 6) is 0.669. The Kier molecular flexibility index (Phi) is 8.35. The van der Waals surface area contributed by atoms with Crippen molar-refractivity contribution in [3.63, 3.8) is 0 Å². The molecule has 31 heavy (non-hydrogen) atoms. The van der Waals surface area contributed by atoms with Crippen molar-refractivity contribution < 1.29 is 14.3 Å². The van der Waals surface area contributed by atoms with E-state index in [0.717, 1.165) is 64.8 Å². The van der Waals surface area contributed by atoms with Gasteiger partial charge in [-0.05, 0) is 70.9 Å². The summed E-state index contributed by atoms with van der Waals surface area (Å²) in [5.41, 5.74) is 0.835. The fraction of sp³-hybridized carbons (Fsp3) is 0.680. The first-order chi connectivity index (χ1) is 14.8. The third kappa shape index (κ3) is 7.84. The van der Waals surface area contributed by atoms with Gasteiger partial charge in [0.15, 0.2) is 0 Å². The zero-order valence-corrected chi connectivity index (χ0v) is 19.4. The molecule has 172 valence electrons. The van der Waals surface area contributed by atoms with Crippen molar-refractivity contribution in [2.24, 2.45) is 11.8 Å². The van der Waals surface area contributed by atoms with Crippen molar-refractivity contribution in [3.05, 3.63) is 35.9 Å². The topological polar surface area (TPSA) is 61.9 Å². The van der Waals surface area contributed by atoms with Crippen LogP contribution in [0.1, 0.15) is 58.4 Å². The first kappa shape index (κ1) is 23.6. The van der Waals surface area contributed by atoms with Crippen LogP contribution in [0.2, 0.25) is 0 Å². The Bertz CT molecular complexity index is 716. The van der Waals surface area contributed by atoms with Gasteiger partial charge in [-0.2, -0.15) is 0 Å². The molecule has 0 bridgehead atoms. The largest absolute Gasteiger partial charge is 0.444 e. The van der Waals surface area contributed by atoms with Gasteiger partial charge in [0.2, 0.25) is 5.91 Å². The molecule has 0 aliphatic carbocycles. The van der Waals surface area contributed by atoms with Crippen LogP contribution in [-0.4, -0.2) is 60.1 Å². The molecule has 1 aromatic carbocycles. The predicted octanol–water partition coefficient (Wildman–Crippen LogP) is 4.05. The Labute approximate surface area is 187 Å². The van der Waals surface area contributed by atoms with Crippen molar-refractivity contribution in [2.45, 2.75) is 65.0 Å². The Balaban J connectivity index is 1.38. The molecule has 1 N–H and O–H groups in total. The Morgan fingerprint density at radius 2 is 1.81 bits per heavy atom. The molecular formula is C25H39N3O3. The molecule has 0 saturated carbocycles. The van der Waals surface area contributed by atoms with Crippen LogP contribution >= 0.6 is 0 Å². The molecule has 6 heteroatoms. The predicted molar refractivity (Wildman–Crippen MR) is 123 cm³/mol. The van der Waals surface area contributed by atoms with Crippen LogP contribution in [0.5, 0.6) is 0 Å². The van der Waals surface area contributed by atoms with Gasteiger partial charge in [0, 0.05) is 32.7 Å². The summed E-state index contributed by atoms with van der Waals surface area (Å²) in [6.07, 6.45) is 4.82. The van der Waals surface area contributed by atoms with Gasteiger partial charge in [0.05, 0.1) is 5.92 Å². The van der Waals surface area contributed by atoms with Gasteiger partial charge in [0.25, 0.3) is 0 Å². The molecule has 2 amide bonds. The Morgan fingerprint density at radius 3 is 2.55 bits per heavy atom. The first-order valence-electron chi connectivity index (χ1n) is 11.8. The fourth-order valence-electron chi connectivity index (χ4n) is 4.59. The number of benzene rings is 1. The van der Waals surface area contributed by atoms with Gasteiger partial charge in [-0.3, -0.25) is 9.69 Å². The quantitative estimate of drug-likeness (QED) is 0.741. The van der Waals surface area contributed by atoms with E-state index in [9.17, 15) is 9.59 Å². The van der Waals surface area contributed by atoms with E-state index in [1.165, 1.54) is 5.56 Å². The molecule has 1 aromatic rings. The zero-order valence-electron chi connectivity index (χ0n) is 19.4. The van der Waals surface area contributed by atoms with E-state index in [-0.39, 0.29) is 17.9 Å². The molecule has 2 heterocycles. The highest BCUT2D eigenvalue weighted by Gasteiger charge is 2.28. The lowest BCUT2D eigenvalue weighted by molar-refractivity contribution is -0.126. The number of hydrogen-bond acceptors (Lipinski definition) is 4. The van der Waals surface area contributed by atoms with Crippen LogP contribution in [0.4, 0.5) is 4.79 Å². The molecule has 2 aliphatic heterocycles. The molecule has 0 spiro atoms. The average Bonchev–Trinajstić information content (AvgIpc) is 2.74. The number of carbonyl (C=O) groups excluding carboxylic acids is 2. The minimum atomic E-state index is -0.466. The van der Waals surface area contributed by atoms with E-state index in [2.05, 4.69) is 34.5 Å². The summed E-state index contributed by atoms with van der Waals surface area (Å²) in [7, 11) is 0. The fourth-order valence-corrected chi connectivity index (χ4v) is 4.59. The minimum Gasteiger partial charge on any atom is -0.444 e. The number of rotatable bonds is 6. The number of ether oxygens (including phenoxy) is 1. The maximum atomic E-state index is 12.7. The third-order valence-corrected chi connectivity index (χ3v) is 6.15. The van der Waals surface area contributed by atoms with Crippen LogP contribution in [0.15, 0.2) is 30.3 Å². The Hall–Kier alpha value is -2.08. The molecule has 2 atom stereocenters. The van der Waals surface area contributed by atoms with Crippen molar-refractivity contribution in [3.8, 4) is 0 Å². The van der Waals surface area contributed by atoms with Gasteiger partial charge >= 0.3 is 6.09 Å². The lowest BCUT2D eigenvalue weighted by Gasteiger charge is -2.34. The van der Waals surface area contributed by atoms with Gasteiger partial charge in [-0.25, -0.2) is 4.79 Å². The number of nitrogens with zero attached hydrogens (tertiary/aromatic N) is 2. The monoisotopic (exact) mass is 429 g/mol. The molecule has 2 unspecified atom stereocenters. The summed E-state index contributed by atoms with van der Waals surface area (Å²) < 4.78 is 5.51. The normalized spacial score (nSPS) is 22.7. The van der Waals surface area contributed by atoms with Gasteiger partial charge in [-0.1, -0.05) is 30.3 Å². The van der Waals surface area contributed by atoms with E-state index in [1.54, 1.807) is 0 Å². The number of hydrogen-bond donors (Lipinski definition) is 1. The van der Waals surface area contributed by atoms with Crippen LogP contribution in [-0.2, 0) is 16.1 Å². The second kappa shape index (κ2) is 11.0. The minimum absolute atomic E-state index is 0.0714. The van der Waals surface area contributed by atoms with Crippen molar-refractivity contribution in [1.29, 1.82) is 0 Å². The molecule has 6 nitrogen and oxygen atoms in total. The molecule has 3 rings (SSSR count). The number of piperidine rings is 2. The molecule has 2 aliphatic rings. The number of carbonyl (C=O) groups is 2. The summed E-state index contributed by atoms with van der Waals surface area (Å²) in [6.45, 7) is 10.7. The molecule has 2 saturated heterocycles. The van der Waals surface area contributed by atoms with E-state index >= 15 is 0 Å². The highest BCUT2D eigenvalue weighted by atomic mass is 16.6. The van der Waals surface area contributed by atoms with Gasteiger partial charge in [-0.15, -0.1) is 0 Å². The smallest absolute Gasteiger partial charge is 0.410 e. The second-order valence-corrected chi connectivity index (χ2v) is 10.1. The van der Waals surface area contributed by atoms with Crippen molar-refractivity contribution >= 4 is 12.0 Å². The van der Waals surface area contributed by atoms with E-state index in [0.29, 0.717) is 12.5 Å². The van der Waals surface area contributed by atoms with Gasteiger partial charge in [0.1, 0.15) is 5.60 Å². The van der Waals surface area contributed by atoms with Crippen molar-refractivity contribution in [2.75, 3.05) is 32.7 Å². The maximum absolute atomic E-state index is 12.7. The molecule has 2 fully saturated rings. The van der Waals surface area contributed by atoms with Gasteiger partial charge < -0.3 is 15.0 Å².